The van der Waals surface area contributed by atoms with Crippen LogP contribution < -0.4 is 4.74 Å². The molecule has 136 valence electrons. The third kappa shape index (κ3) is 4.84. The Kier molecular flexibility index (Phi) is 6.26. The van der Waals surface area contributed by atoms with E-state index in [1.807, 2.05) is 37.4 Å². The van der Waals surface area contributed by atoms with Crippen molar-refractivity contribution in [3.63, 3.8) is 0 Å². The molecule has 0 aliphatic rings. The number of hydrogen-bond acceptors (Lipinski definition) is 3. The third-order valence-corrected chi connectivity index (χ3v) is 4.59. The fourth-order valence-electron chi connectivity index (χ4n) is 3.18. The smallest absolute Gasteiger partial charge is 0.127 e. The molecule has 0 heterocycles. The minimum atomic E-state index is -0.533. The fourth-order valence-corrected chi connectivity index (χ4v) is 3.18. The Morgan fingerprint density at radius 2 is 1.62 bits per heavy atom. The van der Waals surface area contributed by atoms with Crippen molar-refractivity contribution in [2.45, 2.75) is 26.0 Å². The van der Waals surface area contributed by atoms with Crippen LogP contribution >= 0.6 is 0 Å². The molecule has 0 aliphatic heterocycles. The van der Waals surface area contributed by atoms with Gasteiger partial charge in [0.15, 0.2) is 0 Å². The van der Waals surface area contributed by atoms with Gasteiger partial charge in [0.1, 0.15) is 18.5 Å². The van der Waals surface area contributed by atoms with Crippen LogP contribution in [0.25, 0.3) is 10.8 Å². The minimum absolute atomic E-state index is 0.285. The summed E-state index contributed by atoms with van der Waals surface area (Å²) in [5.74, 6) is 0.819. The van der Waals surface area contributed by atoms with Crippen LogP contribution in [0.4, 0.5) is 0 Å². The summed E-state index contributed by atoms with van der Waals surface area (Å²) in [6.07, 6.45) is 0.522. The normalized spacial score (nSPS) is 12.5. The second-order valence-electron chi connectivity index (χ2n) is 6.81. The molecule has 0 spiro atoms. The molecule has 3 aromatic carbocycles. The Bertz CT molecular complexity index is 824. The first-order valence-electron chi connectivity index (χ1n) is 9.20. The van der Waals surface area contributed by atoms with Gasteiger partial charge in [-0.05, 0) is 36.0 Å². The molecule has 3 nitrogen and oxygen atoms in total. The predicted molar refractivity (Wildman–Crippen MR) is 108 cm³/mol. The summed E-state index contributed by atoms with van der Waals surface area (Å²) in [4.78, 5) is 2.12. The Balaban J connectivity index is 1.52. The van der Waals surface area contributed by atoms with Gasteiger partial charge in [0.05, 0.1) is 0 Å². The molecular weight excluding hydrogens is 322 g/mol. The van der Waals surface area contributed by atoms with Gasteiger partial charge in [0, 0.05) is 18.5 Å². The van der Waals surface area contributed by atoms with Gasteiger partial charge in [-0.3, -0.25) is 4.90 Å². The highest BCUT2D eigenvalue weighted by atomic mass is 16.5. The lowest BCUT2D eigenvalue weighted by Gasteiger charge is -2.21. The number of benzene rings is 3. The first-order valence-corrected chi connectivity index (χ1v) is 9.20. The Morgan fingerprint density at radius 3 is 2.38 bits per heavy atom. The predicted octanol–water partition coefficient (Wildman–Crippen LogP) is 4.27. The van der Waals surface area contributed by atoms with Crippen molar-refractivity contribution in [1.82, 2.24) is 4.90 Å². The van der Waals surface area contributed by atoms with E-state index in [-0.39, 0.29) is 6.61 Å². The van der Waals surface area contributed by atoms with Gasteiger partial charge in [-0.25, -0.2) is 0 Å². The first kappa shape index (κ1) is 18.4. The van der Waals surface area contributed by atoms with Gasteiger partial charge in [-0.1, -0.05) is 67.6 Å². The fraction of sp³-hybridized carbons (Fsp3) is 0.304. The van der Waals surface area contributed by atoms with Crippen LogP contribution in [0, 0.1) is 0 Å². The third-order valence-electron chi connectivity index (χ3n) is 4.59. The molecule has 0 aromatic heterocycles. The summed E-state index contributed by atoms with van der Waals surface area (Å²) in [6, 6.07) is 22.8. The topological polar surface area (TPSA) is 32.7 Å². The van der Waals surface area contributed by atoms with Crippen LogP contribution in [0.3, 0.4) is 0 Å². The highest BCUT2D eigenvalue weighted by molar-refractivity contribution is 5.88. The van der Waals surface area contributed by atoms with E-state index in [4.69, 9.17) is 4.74 Å². The molecule has 26 heavy (non-hydrogen) atoms. The molecule has 0 fully saturated rings. The second kappa shape index (κ2) is 8.84. The summed E-state index contributed by atoms with van der Waals surface area (Å²) in [5.41, 5.74) is 2.60. The lowest BCUT2D eigenvalue weighted by molar-refractivity contribution is 0.0750. The van der Waals surface area contributed by atoms with Crippen LogP contribution in [-0.2, 0) is 13.0 Å². The Morgan fingerprint density at radius 1 is 0.923 bits per heavy atom. The van der Waals surface area contributed by atoms with Gasteiger partial charge in [0.25, 0.3) is 0 Å². The van der Waals surface area contributed by atoms with Crippen molar-refractivity contribution in [1.29, 1.82) is 0 Å². The lowest BCUT2D eigenvalue weighted by atomic mass is 10.1. The average molecular weight is 349 g/mol. The van der Waals surface area contributed by atoms with Crippen LogP contribution in [-0.4, -0.2) is 36.3 Å². The van der Waals surface area contributed by atoms with Gasteiger partial charge in [-0.15, -0.1) is 0 Å². The largest absolute Gasteiger partial charge is 0.490 e. The second-order valence-corrected chi connectivity index (χ2v) is 6.81. The quantitative estimate of drug-likeness (QED) is 0.659. The zero-order valence-corrected chi connectivity index (χ0v) is 15.6. The van der Waals surface area contributed by atoms with Crippen molar-refractivity contribution < 1.29 is 9.84 Å². The van der Waals surface area contributed by atoms with E-state index in [0.29, 0.717) is 6.54 Å². The first-order chi connectivity index (χ1) is 12.7. The SMILES string of the molecule is CCc1ccc(CN(C)C[C@@H](O)COc2cccc3ccccc23)cc1. The van der Waals surface area contributed by atoms with Gasteiger partial charge < -0.3 is 9.84 Å². The zero-order chi connectivity index (χ0) is 18.4. The average Bonchev–Trinajstić information content (AvgIpc) is 2.67. The van der Waals surface area contributed by atoms with E-state index in [9.17, 15) is 5.11 Å². The van der Waals surface area contributed by atoms with Gasteiger partial charge in [-0.2, -0.15) is 0 Å². The molecule has 0 unspecified atom stereocenters. The van der Waals surface area contributed by atoms with E-state index in [2.05, 4.69) is 48.2 Å². The number of aryl methyl sites for hydroxylation is 1. The summed E-state index contributed by atoms with van der Waals surface area (Å²) in [6.45, 7) is 3.83. The molecule has 3 heteroatoms. The van der Waals surface area contributed by atoms with E-state index in [1.54, 1.807) is 0 Å². The number of aliphatic hydroxyl groups excluding tert-OH is 1. The molecule has 1 N–H and O–H groups in total. The van der Waals surface area contributed by atoms with Crippen LogP contribution in [0.1, 0.15) is 18.1 Å². The maximum absolute atomic E-state index is 10.3. The van der Waals surface area contributed by atoms with Crippen molar-refractivity contribution in [2.75, 3.05) is 20.2 Å². The maximum atomic E-state index is 10.3. The van der Waals surface area contributed by atoms with Gasteiger partial charge >= 0.3 is 0 Å². The molecular formula is C23H27NO2. The Labute approximate surface area is 155 Å². The summed E-state index contributed by atoms with van der Waals surface area (Å²) in [7, 11) is 2.02. The number of likely N-dealkylation sites (N-methyl/N-ethyl adjacent to an activating group) is 1. The van der Waals surface area contributed by atoms with E-state index in [0.717, 1.165) is 29.5 Å². The Hall–Kier alpha value is -2.36. The van der Waals surface area contributed by atoms with Crippen molar-refractivity contribution in [3.05, 3.63) is 77.9 Å². The monoisotopic (exact) mass is 349 g/mol. The number of fused-ring (bicyclic) bond motifs is 1. The zero-order valence-electron chi connectivity index (χ0n) is 15.6. The molecule has 3 rings (SSSR count). The summed E-state index contributed by atoms with van der Waals surface area (Å²) in [5, 5.41) is 12.6. The summed E-state index contributed by atoms with van der Waals surface area (Å²) >= 11 is 0. The van der Waals surface area contributed by atoms with Crippen molar-refractivity contribution in [3.8, 4) is 5.75 Å². The number of hydrogen-bond donors (Lipinski definition) is 1. The molecule has 0 saturated carbocycles. The lowest BCUT2D eigenvalue weighted by Crippen LogP contribution is -2.32. The van der Waals surface area contributed by atoms with E-state index >= 15 is 0 Å². The molecule has 0 saturated heterocycles. The molecule has 0 radical (unpaired) electrons. The van der Waals surface area contributed by atoms with Gasteiger partial charge in [0.2, 0.25) is 0 Å². The highest BCUT2D eigenvalue weighted by Crippen LogP contribution is 2.25. The molecule has 0 aliphatic carbocycles. The standard InChI is InChI=1S/C23H27NO2/c1-3-18-11-13-19(14-12-18)15-24(2)16-21(25)17-26-23-10-6-8-20-7-4-5-9-22(20)23/h4-14,21,25H,3,15-17H2,1-2H3/t21-/m1/s1. The molecule has 0 amide bonds. The highest BCUT2D eigenvalue weighted by Gasteiger charge is 2.11. The minimum Gasteiger partial charge on any atom is -0.490 e. The molecule has 0 bridgehead atoms. The number of nitrogens with zero attached hydrogens (tertiary/aromatic N) is 1. The number of aliphatic hydroxyl groups is 1. The van der Waals surface area contributed by atoms with Crippen LogP contribution in [0.15, 0.2) is 66.7 Å². The van der Waals surface area contributed by atoms with Crippen LogP contribution in [0.5, 0.6) is 5.75 Å². The van der Waals surface area contributed by atoms with Crippen molar-refractivity contribution in [2.24, 2.45) is 0 Å². The van der Waals surface area contributed by atoms with E-state index < -0.39 is 6.10 Å². The van der Waals surface area contributed by atoms with E-state index in [1.165, 1.54) is 11.1 Å². The van der Waals surface area contributed by atoms with Crippen LogP contribution in [0.2, 0.25) is 0 Å². The maximum Gasteiger partial charge on any atom is 0.127 e. The number of ether oxygens (including phenoxy) is 1. The summed E-state index contributed by atoms with van der Waals surface area (Å²) < 4.78 is 5.89. The molecule has 3 aromatic rings. The molecule has 1 atom stereocenters. The number of rotatable bonds is 8. The van der Waals surface area contributed by atoms with Crippen molar-refractivity contribution >= 4 is 10.8 Å².